The smallest absolute Gasteiger partial charge is 0.124 e. The number of nitrogen functional groups attached to an aromatic ring is 1. The molecule has 0 fully saturated rings. The van der Waals surface area contributed by atoms with Gasteiger partial charge in [-0.3, -0.25) is 5.41 Å². The summed E-state index contributed by atoms with van der Waals surface area (Å²) in [6.45, 7) is 0. The number of halogens is 2. The molecule has 0 amide bonds. The number of benzene rings is 5. The Kier molecular flexibility index (Phi) is 7.38. The third-order valence-corrected chi connectivity index (χ3v) is 7.44. The Labute approximate surface area is 230 Å². The zero-order valence-electron chi connectivity index (χ0n) is 20.7. The molecule has 0 spiro atoms. The van der Waals surface area contributed by atoms with E-state index in [1.165, 1.54) is 12.1 Å². The van der Waals surface area contributed by atoms with Gasteiger partial charge in [0.15, 0.2) is 0 Å². The number of nitrogens with two attached hydrogens (primary N) is 1. The average Bonchev–Trinajstić information content (AvgIpc) is 2.94. The van der Waals surface area contributed by atoms with Gasteiger partial charge in [0, 0.05) is 15.7 Å². The highest BCUT2D eigenvalue weighted by atomic mass is 79.9. The van der Waals surface area contributed by atoms with E-state index < -0.39 is 5.54 Å². The number of anilines is 1. The summed E-state index contributed by atoms with van der Waals surface area (Å²) in [7, 11) is 0. The lowest BCUT2D eigenvalue weighted by Crippen LogP contribution is -2.38. The van der Waals surface area contributed by atoms with Crippen LogP contribution >= 0.6 is 15.9 Å². The fourth-order valence-corrected chi connectivity index (χ4v) is 5.41. The average molecular weight is 565 g/mol. The van der Waals surface area contributed by atoms with Crippen LogP contribution in [0.25, 0.3) is 0 Å². The van der Waals surface area contributed by atoms with Crippen LogP contribution in [0.1, 0.15) is 33.4 Å². The van der Waals surface area contributed by atoms with E-state index in [-0.39, 0.29) is 11.7 Å². The van der Waals surface area contributed by atoms with E-state index in [0.29, 0.717) is 17.7 Å². The molecular formula is C33H27BrFN3. The maximum Gasteiger partial charge on any atom is 0.124 e. The van der Waals surface area contributed by atoms with Crippen molar-refractivity contribution in [1.82, 2.24) is 0 Å². The van der Waals surface area contributed by atoms with Gasteiger partial charge in [-0.25, -0.2) is 4.39 Å². The summed E-state index contributed by atoms with van der Waals surface area (Å²) in [5, 5.41) is 12.3. The fraction of sp³-hybridized carbons (Fsp3) is 0.0606. The van der Waals surface area contributed by atoms with Crippen LogP contribution in [-0.4, -0.2) is 5.84 Å². The lowest BCUT2D eigenvalue weighted by atomic mass is 9.76. The molecule has 0 aliphatic heterocycles. The minimum absolute atomic E-state index is 0.0522. The predicted molar refractivity (Wildman–Crippen MR) is 157 cm³/mol. The van der Waals surface area contributed by atoms with Gasteiger partial charge in [-0.05, 0) is 58.5 Å². The summed E-state index contributed by atoms with van der Waals surface area (Å²) in [6.07, 6.45) is 0.500. The number of hydrogen-bond donors (Lipinski definition) is 3. The molecule has 0 aromatic heterocycles. The van der Waals surface area contributed by atoms with Crippen LogP contribution in [0.5, 0.6) is 0 Å². The van der Waals surface area contributed by atoms with E-state index in [0.717, 1.165) is 32.3 Å². The van der Waals surface area contributed by atoms with E-state index in [1.54, 1.807) is 6.07 Å². The topological polar surface area (TPSA) is 61.9 Å². The van der Waals surface area contributed by atoms with Crippen LogP contribution < -0.4 is 11.1 Å². The van der Waals surface area contributed by atoms with Gasteiger partial charge in [-0.2, -0.15) is 0 Å². The van der Waals surface area contributed by atoms with Gasteiger partial charge < -0.3 is 11.1 Å². The Bertz CT molecular complexity index is 1460. The maximum atomic E-state index is 13.8. The molecule has 5 aromatic carbocycles. The molecule has 0 heterocycles. The van der Waals surface area contributed by atoms with Crippen molar-refractivity contribution in [2.75, 3.05) is 5.32 Å². The van der Waals surface area contributed by atoms with Crippen molar-refractivity contribution in [2.24, 2.45) is 5.73 Å². The van der Waals surface area contributed by atoms with E-state index >= 15 is 0 Å². The monoisotopic (exact) mass is 563 g/mol. The Morgan fingerprint density at radius 3 is 1.74 bits per heavy atom. The Morgan fingerprint density at radius 2 is 1.26 bits per heavy atom. The highest BCUT2D eigenvalue weighted by Crippen LogP contribution is 2.41. The molecular weight excluding hydrogens is 537 g/mol. The normalized spacial score (nSPS) is 11.2. The fourth-order valence-electron chi connectivity index (χ4n) is 4.93. The first-order valence-corrected chi connectivity index (χ1v) is 13.1. The van der Waals surface area contributed by atoms with Gasteiger partial charge in [0.05, 0.1) is 0 Å². The Hall–Kier alpha value is -4.22. The van der Waals surface area contributed by atoms with E-state index in [4.69, 9.17) is 11.1 Å². The molecule has 0 aliphatic rings. The molecule has 5 aromatic rings. The zero-order chi connectivity index (χ0) is 26.5. The van der Waals surface area contributed by atoms with Crippen LogP contribution in [0.15, 0.2) is 132 Å². The van der Waals surface area contributed by atoms with Crippen LogP contribution in [0.4, 0.5) is 10.1 Å². The van der Waals surface area contributed by atoms with Gasteiger partial charge in [-0.15, -0.1) is 0 Å². The van der Waals surface area contributed by atoms with Gasteiger partial charge in [0.2, 0.25) is 0 Å². The lowest BCUT2D eigenvalue weighted by molar-refractivity contribution is 0.626. The van der Waals surface area contributed by atoms with Gasteiger partial charge in [0.25, 0.3) is 0 Å². The Balaban J connectivity index is 1.70. The molecule has 0 bridgehead atoms. The van der Waals surface area contributed by atoms with Crippen molar-refractivity contribution >= 4 is 27.5 Å². The second-order valence-corrected chi connectivity index (χ2v) is 10.0. The molecule has 0 saturated carbocycles. The molecule has 0 atom stereocenters. The SMILES string of the molecule is N=C(N)c1cc(Cc2cccc(F)c2)c(Br)cc1NC(c1ccccc1)(c1ccccc1)c1ccccc1. The quantitative estimate of drug-likeness (QED) is 0.102. The number of hydrogen-bond acceptors (Lipinski definition) is 2. The summed E-state index contributed by atoms with van der Waals surface area (Å²) in [5.74, 6) is -0.328. The van der Waals surface area contributed by atoms with Crippen LogP contribution in [0, 0.1) is 11.2 Å². The molecule has 3 nitrogen and oxygen atoms in total. The van der Waals surface area contributed by atoms with Crippen molar-refractivity contribution in [3.63, 3.8) is 0 Å². The molecule has 38 heavy (non-hydrogen) atoms. The van der Waals surface area contributed by atoms with Gasteiger partial charge in [0.1, 0.15) is 17.2 Å². The van der Waals surface area contributed by atoms with Gasteiger partial charge >= 0.3 is 0 Å². The van der Waals surface area contributed by atoms with Gasteiger partial charge in [-0.1, -0.05) is 119 Å². The molecule has 0 saturated heterocycles. The summed E-state index contributed by atoms with van der Waals surface area (Å²) in [6, 6.07) is 41.2. The summed E-state index contributed by atoms with van der Waals surface area (Å²) in [4.78, 5) is 0. The van der Waals surface area contributed by atoms with Crippen LogP contribution in [0.2, 0.25) is 0 Å². The summed E-state index contributed by atoms with van der Waals surface area (Å²) >= 11 is 3.74. The predicted octanol–water partition coefficient (Wildman–Crippen LogP) is 7.87. The van der Waals surface area contributed by atoms with Crippen molar-refractivity contribution in [2.45, 2.75) is 12.0 Å². The number of amidine groups is 1. The highest BCUT2D eigenvalue weighted by Gasteiger charge is 2.37. The molecule has 0 aliphatic carbocycles. The van der Waals surface area contributed by atoms with E-state index in [2.05, 4.69) is 57.6 Å². The van der Waals surface area contributed by atoms with Crippen molar-refractivity contribution in [3.05, 3.63) is 171 Å². The summed E-state index contributed by atoms with van der Waals surface area (Å²) in [5.41, 5.74) is 11.6. The van der Waals surface area contributed by atoms with Crippen LogP contribution in [0.3, 0.4) is 0 Å². The zero-order valence-corrected chi connectivity index (χ0v) is 22.3. The van der Waals surface area contributed by atoms with Crippen molar-refractivity contribution in [3.8, 4) is 0 Å². The first-order valence-electron chi connectivity index (χ1n) is 12.3. The third-order valence-electron chi connectivity index (χ3n) is 6.70. The molecule has 0 unspecified atom stereocenters. The maximum absolute atomic E-state index is 13.8. The minimum Gasteiger partial charge on any atom is -0.384 e. The molecule has 5 rings (SSSR count). The highest BCUT2D eigenvalue weighted by molar-refractivity contribution is 9.10. The minimum atomic E-state index is -0.766. The number of rotatable bonds is 8. The van der Waals surface area contributed by atoms with E-state index in [1.807, 2.05) is 72.8 Å². The van der Waals surface area contributed by atoms with E-state index in [9.17, 15) is 4.39 Å². The first-order chi connectivity index (χ1) is 18.5. The molecule has 188 valence electrons. The summed E-state index contributed by atoms with van der Waals surface area (Å²) < 4.78 is 14.7. The largest absolute Gasteiger partial charge is 0.384 e. The molecule has 4 N–H and O–H groups in total. The van der Waals surface area contributed by atoms with Crippen LogP contribution in [-0.2, 0) is 12.0 Å². The third kappa shape index (κ3) is 5.11. The number of nitrogens with one attached hydrogen (secondary N) is 2. The molecule has 5 heteroatoms. The first kappa shape index (κ1) is 25.4. The van der Waals surface area contributed by atoms with Crippen molar-refractivity contribution in [1.29, 1.82) is 5.41 Å². The second kappa shape index (κ2) is 11.0. The standard InChI is InChI=1S/C33H27BrFN3/c34-30-22-31(29(32(36)37)21-24(30)19-23-11-10-18-28(35)20-23)38-33(25-12-4-1-5-13-25,26-14-6-2-7-15-26)27-16-8-3-9-17-27/h1-18,20-22,38H,19H2,(H3,36,37). The Morgan fingerprint density at radius 1 is 0.737 bits per heavy atom. The van der Waals surface area contributed by atoms with Crippen molar-refractivity contribution < 1.29 is 4.39 Å². The second-order valence-electron chi connectivity index (χ2n) is 9.18. The lowest BCUT2D eigenvalue weighted by Gasteiger charge is -2.38. The molecule has 0 radical (unpaired) electrons.